The molecule has 98 valence electrons. The van der Waals surface area contributed by atoms with Crippen LogP contribution in [0.3, 0.4) is 0 Å². The summed E-state index contributed by atoms with van der Waals surface area (Å²) in [5.74, 6) is 0. The molecule has 1 aliphatic heterocycles. The van der Waals surface area contributed by atoms with Crippen LogP contribution >= 0.6 is 0 Å². The lowest BCUT2D eigenvalue weighted by atomic mass is 10.2. The van der Waals surface area contributed by atoms with E-state index in [2.05, 4.69) is 0 Å². The highest BCUT2D eigenvalue weighted by atomic mass is 16.7. The predicted octanol–water partition coefficient (Wildman–Crippen LogP) is 1.78. The van der Waals surface area contributed by atoms with Gasteiger partial charge in [-0.25, -0.2) is 4.79 Å². The van der Waals surface area contributed by atoms with Crippen molar-refractivity contribution in [2.75, 3.05) is 27.0 Å². The van der Waals surface area contributed by atoms with Gasteiger partial charge in [0.05, 0.1) is 12.6 Å². The fraction of sp³-hybridized carbons (Fsp3) is 0.750. The second-order valence-electron chi connectivity index (χ2n) is 4.93. The highest BCUT2D eigenvalue weighted by Crippen LogP contribution is 2.13. The summed E-state index contributed by atoms with van der Waals surface area (Å²) >= 11 is 0. The lowest BCUT2D eigenvalue weighted by Crippen LogP contribution is -2.43. The molecule has 0 radical (unpaired) electrons. The zero-order chi connectivity index (χ0) is 12.9. The van der Waals surface area contributed by atoms with E-state index in [4.69, 9.17) is 14.2 Å². The number of rotatable bonds is 3. The molecule has 0 unspecified atom stereocenters. The van der Waals surface area contributed by atoms with Crippen molar-refractivity contribution in [3.05, 3.63) is 12.2 Å². The zero-order valence-corrected chi connectivity index (χ0v) is 10.9. The van der Waals surface area contributed by atoms with Crippen LogP contribution in [0.5, 0.6) is 0 Å². The van der Waals surface area contributed by atoms with Gasteiger partial charge in [0.25, 0.3) is 0 Å². The lowest BCUT2D eigenvalue weighted by molar-refractivity contribution is -0.0666. The smallest absolute Gasteiger partial charge is 0.410 e. The third-order valence-corrected chi connectivity index (χ3v) is 2.13. The Morgan fingerprint density at radius 1 is 1.47 bits per heavy atom. The average molecular weight is 243 g/mol. The Hall–Kier alpha value is -1.07. The van der Waals surface area contributed by atoms with Crippen LogP contribution in [0.25, 0.3) is 0 Å². The largest absolute Gasteiger partial charge is 0.444 e. The van der Waals surface area contributed by atoms with Crippen LogP contribution < -0.4 is 0 Å². The lowest BCUT2D eigenvalue weighted by Gasteiger charge is -2.30. The number of methoxy groups -OCH3 is 1. The average Bonchev–Trinajstić information content (AvgIpc) is 2.24. The van der Waals surface area contributed by atoms with Gasteiger partial charge in [-0.15, -0.1) is 0 Å². The maximum atomic E-state index is 11.8. The molecular formula is C12H21NO4. The quantitative estimate of drug-likeness (QED) is 0.560. The van der Waals surface area contributed by atoms with Gasteiger partial charge in [0, 0.05) is 13.7 Å². The van der Waals surface area contributed by atoms with Crippen LogP contribution in [0.15, 0.2) is 12.2 Å². The molecule has 0 aromatic heterocycles. The standard InChI is InChI=1S/C12H21NO4/c1-12(2,3)17-11(14)13-7-5-6-10(8-13)16-9-15-4/h5-6,10H,7-9H2,1-4H3/t10-/m1/s1. The Morgan fingerprint density at radius 2 is 2.18 bits per heavy atom. The highest BCUT2D eigenvalue weighted by molar-refractivity contribution is 5.68. The van der Waals surface area contributed by atoms with E-state index in [1.807, 2.05) is 32.9 Å². The van der Waals surface area contributed by atoms with E-state index in [1.54, 1.807) is 12.0 Å². The number of hydrogen-bond donors (Lipinski definition) is 0. The van der Waals surface area contributed by atoms with E-state index in [-0.39, 0.29) is 19.0 Å². The SMILES string of the molecule is COCO[C@@H]1C=CCN(C(=O)OC(C)(C)C)C1. The van der Waals surface area contributed by atoms with Crippen LogP contribution in [0.4, 0.5) is 4.79 Å². The maximum absolute atomic E-state index is 11.8. The molecule has 1 atom stereocenters. The first kappa shape index (κ1) is 14.0. The molecule has 0 bridgehead atoms. The summed E-state index contributed by atoms with van der Waals surface area (Å²) in [6.45, 7) is 6.82. The number of carbonyl (C=O) groups is 1. The molecule has 0 saturated heterocycles. The van der Waals surface area contributed by atoms with Crippen molar-refractivity contribution >= 4 is 6.09 Å². The third kappa shape index (κ3) is 5.19. The van der Waals surface area contributed by atoms with Crippen LogP contribution in [0.1, 0.15) is 20.8 Å². The van der Waals surface area contributed by atoms with Gasteiger partial charge in [-0.3, -0.25) is 0 Å². The van der Waals surface area contributed by atoms with Gasteiger partial charge in [-0.05, 0) is 20.8 Å². The molecule has 1 heterocycles. The van der Waals surface area contributed by atoms with Crippen molar-refractivity contribution in [3.8, 4) is 0 Å². The van der Waals surface area contributed by atoms with E-state index < -0.39 is 5.60 Å². The van der Waals surface area contributed by atoms with Gasteiger partial charge >= 0.3 is 6.09 Å². The minimum atomic E-state index is -0.471. The second kappa shape index (κ2) is 6.02. The number of carbonyl (C=O) groups excluding carboxylic acids is 1. The fourth-order valence-electron chi connectivity index (χ4n) is 1.43. The summed E-state index contributed by atoms with van der Waals surface area (Å²) in [4.78, 5) is 13.4. The topological polar surface area (TPSA) is 48.0 Å². The number of hydrogen-bond acceptors (Lipinski definition) is 4. The normalized spacial score (nSPS) is 20.5. The molecule has 17 heavy (non-hydrogen) atoms. The minimum Gasteiger partial charge on any atom is -0.444 e. The summed E-state index contributed by atoms with van der Waals surface area (Å²) < 4.78 is 15.5. The van der Waals surface area contributed by atoms with Crippen molar-refractivity contribution in [2.45, 2.75) is 32.5 Å². The van der Waals surface area contributed by atoms with Crippen molar-refractivity contribution in [1.82, 2.24) is 4.90 Å². The molecule has 1 aliphatic rings. The molecule has 1 amide bonds. The Bertz CT molecular complexity index is 283. The van der Waals surface area contributed by atoms with Crippen molar-refractivity contribution in [2.24, 2.45) is 0 Å². The number of amides is 1. The molecule has 5 heteroatoms. The van der Waals surface area contributed by atoms with Crippen LogP contribution in [0, 0.1) is 0 Å². The Labute approximate surface area is 102 Å². The van der Waals surface area contributed by atoms with Crippen LogP contribution in [-0.4, -0.2) is 49.7 Å². The van der Waals surface area contributed by atoms with E-state index in [0.717, 1.165) is 0 Å². The van der Waals surface area contributed by atoms with E-state index in [0.29, 0.717) is 13.1 Å². The van der Waals surface area contributed by atoms with E-state index in [9.17, 15) is 4.79 Å². The summed E-state index contributed by atoms with van der Waals surface area (Å²) in [6, 6.07) is 0. The molecular weight excluding hydrogens is 222 g/mol. The first-order valence-corrected chi connectivity index (χ1v) is 5.67. The predicted molar refractivity (Wildman–Crippen MR) is 63.7 cm³/mol. The van der Waals surface area contributed by atoms with Gasteiger partial charge in [-0.1, -0.05) is 12.2 Å². The van der Waals surface area contributed by atoms with E-state index in [1.165, 1.54) is 0 Å². The summed E-state index contributed by atoms with van der Waals surface area (Å²) in [6.07, 6.45) is 3.39. The maximum Gasteiger partial charge on any atom is 0.410 e. The molecule has 1 rings (SSSR count). The molecule has 0 aromatic rings. The fourth-order valence-corrected chi connectivity index (χ4v) is 1.43. The van der Waals surface area contributed by atoms with Crippen molar-refractivity contribution in [3.63, 3.8) is 0 Å². The molecule has 5 nitrogen and oxygen atoms in total. The van der Waals surface area contributed by atoms with Crippen molar-refractivity contribution in [1.29, 1.82) is 0 Å². The summed E-state index contributed by atoms with van der Waals surface area (Å²) in [5, 5.41) is 0. The summed E-state index contributed by atoms with van der Waals surface area (Å²) in [5.41, 5.74) is -0.471. The highest BCUT2D eigenvalue weighted by Gasteiger charge is 2.25. The summed E-state index contributed by atoms with van der Waals surface area (Å²) in [7, 11) is 1.57. The second-order valence-corrected chi connectivity index (χ2v) is 4.93. The molecule has 0 aliphatic carbocycles. The van der Waals surface area contributed by atoms with Gasteiger partial charge in [0.2, 0.25) is 0 Å². The first-order chi connectivity index (χ1) is 7.92. The Balaban J connectivity index is 2.45. The zero-order valence-electron chi connectivity index (χ0n) is 10.9. The monoisotopic (exact) mass is 243 g/mol. The molecule has 0 N–H and O–H groups in total. The third-order valence-electron chi connectivity index (χ3n) is 2.13. The minimum absolute atomic E-state index is 0.129. The first-order valence-electron chi connectivity index (χ1n) is 5.67. The number of ether oxygens (including phenoxy) is 3. The van der Waals surface area contributed by atoms with Gasteiger partial charge in [-0.2, -0.15) is 0 Å². The number of nitrogens with zero attached hydrogens (tertiary/aromatic N) is 1. The van der Waals surface area contributed by atoms with E-state index >= 15 is 0 Å². The van der Waals surface area contributed by atoms with Crippen molar-refractivity contribution < 1.29 is 19.0 Å². The molecule has 0 aromatic carbocycles. The molecule has 0 spiro atoms. The molecule has 0 saturated carbocycles. The Kier molecular flexibility index (Phi) is 4.96. The Morgan fingerprint density at radius 3 is 2.76 bits per heavy atom. The van der Waals surface area contributed by atoms with Crippen LogP contribution in [0.2, 0.25) is 0 Å². The van der Waals surface area contributed by atoms with Gasteiger partial charge in [0.15, 0.2) is 0 Å². The molecule has 0 fully saturated rings. The van der Waals surface area contributed by atoms with Crippen LogP contribution in [-0.2, 0) is 14.2 Å². The van der Waals surface area contributed by atoms with Gasteiger partial charge in [0.1, 0.15) is 12.4 Å². The van der Waals surface area contributed by atoms with Gasteiger partial charge < -0.3 is 19.1 Å².